The van der Waals surface area contributed by atoms with Crippen molar-refractivity contribution in [2.45, 2.75) is 40.7 Å². The first-order chi connectivity index (χ1) is 7.41. The Morgan fingerprint density at radius 3 is 2.25 bits per heavy atom. The molecule has 88 valence electrons. The normalized spacial score (nSPS) is 10.9. The molecule has 0 atom stereocenters. The van der Waals surface area contributed by atoms with E-state index in [0.29, 0.717) is 5.71 Å². The Kier molecular flexibility index (Phi) is 4.11. The van der Waals surface area contributed by atoms with Gasteiger partial charge in [0.15, 0.2) is 0 Å². The number of nitrogens with one attached hydrogen (secondary N) is 1. The lowest BCUT2D eigenvalue weighted by Gasteiger charge is -2.14. The molecule has 1 aromatic carbocycles. The predicted octanol–water partition coefficient (Wildman–Crippen LogP) is 3.81. The third-order valence-corrected chi connectivity index (χ3v) is 2.44. The van der Waals surface area contributed by atoms with Crippen molar-refractivity contribution in [3.8, 4) is 5.75 Å². The maximum absolute atomic E-state index is 8.00. The first-order valence-corrected chi connectivity index (χ1v) is 5.78. The summed E-state index contributed by atoms with van der Waals surface area (Å²) < 4.78 is 5.62. The van der Waals surface area contributed by atoms with E-state index >= 15 is 0 Å². The van der Waals surface area contributed by atoms with Gasteiger partial charge in [-0.25, -0.2) is 0 Å². The average Bonchev–Trinajstić information content (AvgIpc) is 2.15. The van der Waals surface area contributed by atoms with Gasteiger partial charge in [0.25, 0.3) is 0 Å². The highest BCUT2D eigenvalue weighted by molar-refractivity contribution is 6.00. The Hall–Kier alpha value is -1.31. The lowest BCUT2D eigenvalue weighted by atomic mass is 9.96. The van der Waals surface area contributed by atoms with Crippen molar-refractivity contribution in [3.63, 3.8) is 0 Å². The lowest BCUT2D eigenvalue weighted by molar-refractivity contribution is 0.242. The van der Waals surface area contributed by atoms with E-state index in [1.54, 1.807) is 0 Å². The quantitative estimate of drug-likeness (QED) is 0.767. The molecule has 0 unspecified atom stereocenters. The maximum Gasteiger partial charge on any atom is 0.119 e. The second kappa shape index (κ2) is 5.15. The average molecular weight is 219 g/mol. The molecular weight excluding hydrogens is 198 g/mol. The molecular formula is C14H21NO. The van der Waals surface area contributed by atoms with E-state index in [1.165, 1.54) is 0 Å². The van der Waals surface area contributed by atoms with Crippen molar-refractivity contribution in [1.82, 2.24) is 0 Å². The Bertz CT molecular complexity index is 380. The van der Waals surface area contributed by atoms with Crippen LogP contribution >= 0.6 is 0 Å². The molecule has 0 bridgehead atoms. The van der Waals surface area contributed by atoms with Gasteiger partial charge in [0, 0.05) is 5.71 Å². The summed E-state index contributed by atoms with van der Waals surface area (Å²) in [6.07, 6.45) is 0.190. The highest BCUT2D eigenvalue weighted by atomic mass is 16.5. The fourth-order valence-electron chi connectivity index (χ4n) is 1.59. The molecule has 0 saturated carbocycles. The monoisotopic (exact) mass is 219 g/mol. The van der Waals surface area contributed by atoms with Crippen LogP contribution in [0.2, 0.25) is 0 Å². The van der Waals surface area contributed by atoms with Crippen LogP contribution in [0.15, 0.2) is 18.2 Å². The van der Waals surface area contributed by atoms with E-state index in [2.05, 4.69) is 0 Å². The molecule has 0 aliphatic rings. The fourth-order valence-corrected chi connectivity index (χ4v) is 1.59. The van der Waals surface area contributed by atoms with Crippen LogP contribution in [-0.2, 0) is 0 Å². The van der Waals surface area contributed by atoms with Crippen LogP contribution in [0.5, 0.6) is 5.75 Å². The van der Waals surface area contributed by atoms with Crippen LogP contribution in [0.25, 0.3) is 0 Å². The van der Waals surface area contributed by atoms with Gasteiger partial charge in [0.2, 0.25) is 0 Å². The summed E-state index contributed by atoms with van der Waals surface area (Å²) in [4.78, 5) is 0. The third-order valence-electron chi connectivity index (χ3n) is 2.44. The molecule has 1 rings (SSSR count). The van der Waals surface area contributed by atoms with Gasteiger partial charge < -0.3 is 10.1 Å². The minimum Gasteiger partial charge on any atom is -0.491 e. The molecule has 2 nitrogen and oxygen atoms in total. The summed E-state index contributed by atoms with van der Waals surface area (Å²) in [7, 11) is 0. The summed E-state index contributed by atoms with van der Waals surface area (Å²) in [5.74, 6) is 1.14. The standard InChI is InChI=1S/C14H21NO/c1-9(2)14(15)13-7-6-12(8-11(13)5)16-10(3)4/h6-10,15H,1-5H3. The van der Waals surface area contributed by atoms with E-state index in [4.69, 9.17) is 10.1 Å². The Morgan fingerprint density at radius 1 is 1.19 bits per heavy atom. The largest absolute Gasteiger partial charge is 0.491 e. The van der Waals surface area contributed by atoms with Crippen molar-refractivity contribution >= 4 is 5.71 Å². The number of hydrogen-bond acceptors (Lipinski definition) is 2. The number of hydrogen-bond donors (Lipinski definition) is 1. The minimum atomic E-state index is 0.190. The lowest BCUT2D eigenvalue weighted by Crippen LogP contribution is -2.10. The van der Waals surface area contributed by atoms with Gasteiger partial charge in [-0.05, 0) is 56.0 Å². The van der Waals surface area contributed by atoms with E-state index < -0.39 is 0 Å². The van der Waals surface area contributed by atoms with Crippen molar-refractivity contribution in [2.24, 2.45) is 5.92 Å². The predicted molar refractivity (Wildman–Crippen MR) is 68.6 cm³/mol. The van der Waals surface area contributed by atoms with E-state index in [-0.39, 0.29) is 12.0 Å². The van der Waals surface area contributed by atoms with E-state index in [1.807, 2.05) is 52.8 Å². The molecule has 0 fully saturated rings. The Balaban J connectivity index is 2.96. The Morgan fingerprint density at radius 2 is 1.81 bits per heavy atom. The molecule has 0 aromatic heterocycles. The van der Waals surface area contributed by atoms with Crippen molar-refractivity contribution in [1.29, 1.82) is 5.41 Å². The fraction of sp³-hybridized carbons (Fsp3) is 0.500. The molecule has 0 aliphatic carbocycles. The van der Waals surface area contributed by atoms with Crippen LogP contribution in [0.1, 0.15) is 38.8 Å². The molecule has 16 heavy (non-hydrogen) atoms. The first kappa shape index (κ1) is 12.8. The minimum absolute atomic E-state index is 0.190. The van der Waals surface area contributed by atoms with Gasteiger partial charge in [0.05, 0.1) is 6.10 Å². The van der Waals surface area contributed by atoms with Crippen LogP contribution in [0.4, 0.5) is 0 Å². The summed E-state index contributed by atoms with van der Waals surface area (Å²) in [5, 5.41) is 8.00. The molecule has 0 radical (unpaired) electrons. The summed E-state index contributed by atoms with van der Waals surface area (Å²) in [6.45, 7) is 10.1. The van der Waals surface area contributed by atoms with Crippen LogP contribution < -0.4 is 4.74 Å². The second-order valence-electron chi connectivity index (χ2n) is 4.71. The topological polar surface area (TPSA) is 33.1 Å². The van der Waals surface area contributed by atoms with Gasteiger partial charge in [0.1, 0.15) is 5.75 Å². The van der Waals surface area contributed by atoms with Crippen molar-refractivity contribution in [3.05, 3.63) is 29.3 Å². The molecule has 0 amide bonds. The molecule has 2 heteroatoms. The molecule has 0 heterocycles. The molecule has 0 spiro atoms. The summed E-state index contributed by atoms with van der Waals surface area (Å²) in [5.41, 5.74) is 2.82. The Labute approximate surface area is 98.1 Å². The highest BCUT2D eigenvalue weighted by Gasteiger charge is 2.10. The first-order valence-electron chi connectivity index (χ1n) is 5.78. The molecule has 0 saturated heterocycles. The van der Waals surface area contributed by atoms with Crippen LogP contribution in [-0.4, -0.2) is 11.8 Å². The molecule has 0 aliphatic heterocycles. The number of aryl methyl sites for hydroxylation is 1. The van der Waals surface area contributed by atoms with E-state index in [0.717, 1.165) is 16.9 Å². The van der Waals surface area contributed by atoms with Crippen molar-refractivity contribution < 1.29 is 4.74 Å². The SMILES string of the molecule is Cc1cc(OC(C)C)ccc1C(=N)C(C)C. The van der Waals surface area contributed by atoms with Gasteiger partial charge in [-0.15, -0.1) is 0 Å². The van der Waals surface area contributed by atoms with Gasteiger partial charge >= 0.3 is 0 Å². The van der Waals surface area contributed by atoms with Gasteiger partial charge in [-0.2, -0.15) is 0 Å². The van der Waals surface area contributed by atoms with Gasteiger partial charge in [-0.3, -0.25) is 0 Å². The summed E-state index contributed by atoms with van der Waals surface area (Å²) in [6, 6.07) is 5.93. The zero-order valence-corrected chi connectivity index (χ0v) is 10.8. The van der Waals surface area contributed by atoms with Crippen LogP contribution in [0, 0.1) is 18.3 Å². The van der Waals surface area contributed by atoms with E-state index in [9.17, 15) is 0 Å². The smallest absolute Gasteiger partial charge is 0.119 e. The number of benzene rings is 1. The number of ether oxygens (including phenoxy) is 1. The molecule has 1 N–H and O–H groups in total. The maximum atomic E-state index is 8.00. The van der Waals surface area contributed by atoms with Crippen LogP contribution in [0.3, 0.4) is 0 Å². The number of rotatable bonds is 4. The third kappa shape index (κ3) is 3.09. The highest BCUT2D eigenvalue weighted by Crippen LogP contribution is 2.20. The zero-order valence-electron chi connectivity index (χ0n) is 10.8. The van der Waals surface area contributed by atoms with Crippen molar-refractivity contribution in [2.75, 3.05) is 0 Å². The van der Waals surface area contributed by atoms with Gasteiger partial charge in [-0.1, -0.05) is 13.8 Å². The second-order valence-corrected chi connectivity index (χ2v) is 4.71. The zero-order chi connectivity index (χ0) is 12.3. The molecule has 1 aromatic rings. The summed E-state index contributed by atoms with van der Waals surface area (Å²) >= 11 is 0.